The fraction of sp³-hybridized carbons (Fsp3) is 0.611. The van der Waals surface area contributed by atoms with Crippen LogP contribution in [0.1, 0.15) is 27.7 Å². The zero-order valence-corrected chi connectivity index (χ0v) is 19.2. The maximum atomic E-state index is 11.0. The molecule has 0 spiro atoms. The number of anilines is 1. The molecule has 0 saturated heterocycles. The number of hydrogen-bond donors (Lipinski definition) is 3. The fourth-order valence-electron chi connectivity index (χ4n) is 2.80. The Balaban J connectivity index is 0.00000676. The molecule has 0 radical (unpaired) electrons. The number of guanidine groups is 1. The van der Waals surface area contributed by atoms with E-state index < -0.39 is 0 Å². The van der Waals surface area contributed by atoms with Crippen molar-refractivity contribution in [2.24, 2.45) is 4.99 Å². The fourth-order valence-corrected chi connectivity index (χ4v) is 2.80. The number of nitro benzene ring substituents is 1. The lowest BCUT2D eigenvalue weighted by Gasteiger charge is -2.30. The van der Waals surface area contributed by atoms with E-state index in [-0.39, 0.29) is 34.6 Å². The standard InChI is InChI=1S/C18H32N6O2.HI/c1-14(2)23(15(3)4)13-12-22-18(19-5)21-11-10-20-16-8-6-7-9-17(16)24(25)26;/h6-9,14-15,20H,10-13H2,1-5H3,(H2,19,21,22);1H. The van der Waals surface area contributed by atoms with Crippen LogP contribution < -0.4 is 16.0 Å². The van der Waals surface area contributed by atoms with Crippen LogP contribution in [-0.4, -0.2) is 61.1 Å². The Bertz CT molecular complexity index is 587. The molecule has 1 aromatic carbocycles. The van der Waals surface area contributed by atoms with E-state index in [9.17, 15) is 10.1 Å². The topological polar surface area (TPSA) is 94.8 Å². The summed E-state index contributed by atoms with van der Waals surface area (Å²) in [6.07, 6.45) is 0. The summed E-state index contributed by atoms with van der Waals surface area (Å²) in [7, 11) is 1.73. The van der Waals surface area contributed by atoms with E-state index in [0.29, 0.717) is 30.9 Å². The molecule has 27 heavy (non-hydrogen) atoms. The first-order chi connectivity index (χ1) is 12.4. The second kappa shape index (κ2) is 13.5. The van der Waals surface area contributed by atoms with Gasteiger partial charge in [0.05, 0.1) is 4.92 Å². The normalized spacial score (nSPS) is 11.5. The molecule has 0 heterocycles. The van der Waals surface area contributed by atoms with Crippen molar-refractivity contribution in [2.45, 2.75) is 39.8 Å². The Morgan fingerprint density at radius 3 is 2.26 bits per heavy atom. The van der Waals surface area contributed by atoms with Gasteiger partial charge in [-0.15, -0.1) is 24.0 Å². The predicted molar refractivity (Wildman–Crippen MR) is 123 cm³/mol. The van der Waals surface area contributed by atoms with Crippen LogP contribution in [0.5, 0.6) is 0 Å². The van der Waals surface area contributed by atoms with Gasteiger partial charge in [-0.3, -0.25) is 20.0 Å². The molecular formula is C18H33IN6O2. The van der Waals surface area contributed by atoms with Gasteiger partial charge in [0.15, 0.2) is 5.96 Å². The van der Waals surface area contributed by atoms with Crippen molar-refractivity contribution in [1.29, 1.82) is 0 Å². The molecule has 3 N–H and O–H groups in total. The quantitative estimate of drug-likeness (QED) is 0.116. The molecule has 0 unspecified atom stereocenters. The van der Waals surface area contributed by atoms with Crippen LogP contribution >= 0.6 is 24.0 Å². The van der Waals surface area contributed by atoms with Crippen LogP contribution in [0.15, 0.2) is 29.3 Å². The van der Waals surface area contributed by atoms with Gasteiger partial charge in [0.25, 0.3) is 5.69 Å². The maximum Gasteiger partial charge on any atom is 0.292 e. The Morgan fingerprint density at radius 2 is 1.70 bits per heavy atom. The van der Waals surface area contributed by atoms with E-state index in [4.69, 9.17) is 0 Å². The Morgan fingerprint density at radius 1 is 1.11 bits per heavy atom. The summed E-state index contributed by atoms with van der Waals surface area (Å²) < 4.78 is 0. The molecule has 9 heteroatoms. The number of benzene rings is 1. The minimum absolute atomic E-state index is 0. The number of nitrogens with zero attached hydrogens (tertiary/aromatic N) is 3. The second-order valence-electron chi connectivity index (χ2n) is 6.55. The average molecular weight is 492 g/mol. The van der Waals surface area contributed by atoms with Crippen molar-refractivity contribution in [2.75, 3.05) is 38.5 Å². The predicted octanol–water partition coefficient (Wildman–Crippen LogP) is 2.91. The van der Waals surface area contributed by atoms with Gasteiger partial charge >= 0.3 is 0 Å². The minimum Gasteiger partial charge on any atom is -0.378 e. The average Bonchev–Trinajstić information content (AvgIpc) is 2.59. The lowest BCUT2D eigenvalue weighted by Crippen LogP contribution is -2.46. The van der Waals surface area contributed by atoms with Crippen molar-refractivity contribution >= 4 is 41.3 Å². The van der Waals surface area contributed by atoms with Gasteiger partial charge in [-0.05, 0) is 33.8 Å². The van der Waals surface area contributed by atoms with Gasteiger partial charge in [0.1, 0.15) is 5.69 Å². The van der Waals surface area contributed by atoms with Crippen molar-refractivity contribution in [1.82, 2.24) is 15.5 Å². The van der Waals surface area contributed by atoms with E-state index in [0.717, 1.165) is 19.0 Å². The summed E-state index contributed by atoms with van der Waals surface area (Å²) in [6, 6.07) is 7.63. The molecule has 0 amide bonds. The van der Waals surface area contributed by atoms with E-state index >= 15 is 0 Å². The molecular weight excluding hydrogens is 459 g/mol. The third-order valence-corrected chi connectivity index (χ3v) is 4.05. The minimum atomic E-state index is -0.383. The highest BCUT2D eigenvalue weighted by atomic mass is 127. The van der Waals surface area contributed by atoms with Gasteiger partial charge in [0, 0.05) is 51.4 Å². The summed E-state index contributed by atoms with van der Waals surface area (Å²) in [5, 5.41) is 20.6. The molecule has 0 aliphatic heterocycles. The largest absolute Gasteiger partial charge is 0.378 e. The lowest BCUT2D eigenvalue weighted by molar-refractivity contribution is -0.384. The van der Waals surface area contributed by atoms with Crippen LogP contribution in [0.2, 0.25) is 0 Å². The van der Waals surface area contributed by atoms with Crippen molar-refractivity contribution in [3.05, 3.63) is 34.4 Å². The zero-order chi connectivity index (χ0) is 19.5. The molecule has 1 aromatic rings. The number of para-hydroxylation sites is 2. The summed E-state index contributed by atoms with van der Waals surface area (Å²) in [6.45, 7) is 11.7. The third kappa shape index (κ3) is 9.23. The summed E-state index contributed by atoms with van der Waals surface area (Å²) in [5.41, 5.74) is 0.601. The van der Waals surface area contributed by atoms with Crippen LogP contribution in [0, 0.1) is 10.1 Å². The van der Waals surface area contributed by atoms with Crippen LogP contribution in [0.4, 0.5) is 11.4 Å². The smallest absolute Gasteiger partial charge is 0.292 e. The van der Waals surface area contributed by atoms with Crippen LogP contribution in [0.25, 0.3) is 0 Å². The van der Waals surface area contributed by atoms with Crippen molar-refractivity contribution < 1.29 is 4.92 Å². The summed E-state index contributed by atoms with van der Waals surface area (Å²) >= 11 is 0. The van der Waals surface area contributed by atoms with Crippen LogP contribution in [0.3, 0.4) is 0 Å². The first-order valence-corrected chi connectivity index (χ1v) is 9.04. The summed E-state index contributed by atoms with van der Waals surface area (Å²) in [5.74, 6) is 0.724. The van der Waals surface area contributed by atoms with E-state index in [1.165, 1.54) is 6.07 Å². The second-order valence-corrected chi connectivity index (χ2v) is 6.55. The van der Waals surface area contributed by atoms with E-state index in [1.807, 2.05) is 0 Å². The Labute approximate surface area is 179 Å². The molecule has 8 nitrogen and oxygen atoms in total. The highest BCUT2D eigenvalue weighted by Gasteiger charge is 2.13. The molecule has 0 aliphatic carbocycles. The number of nitro groups is 1. The molecule has 0 saturated carbocycles. The number of nitrogens with one attached hydrogen (secondary N) is 3. The molecule has 1 rings (SSSR count). The number of hydrogen-bond acceptors (Lipinski definition) is 5. The lowest BCUT2D eigenvalue weighted by atomic mass is 10.2. The van der Waals surface area contributed by atoms with Crippen LogP contribution in [-0.2, 0) is 0 Å². The molecule has 0 bridgehead atoms. The van der Waals surface area contributed by atoms with Gasteiger partial charge in [-0.2, -0.15) is 0 Å². The molecule has 154 valence electrons. The van der Waals surface area contributed by atoms with Gasteiger partial charge in [-0.1, -0.05) is 12.1 Å². The number of halogens is 1. The van der Waals surface area contributed by atoms with E-state index in [2.05, 4.69) is 53.5 Å². The first kappa shape index (κ1) is 25.4. The maximum absolute atomic E-state index is 11.0. The molecule has 0 aromatic heterocycles. The highest BCUT2D eigenvalue weighted by molar-refractivity contribution is 14.0. The number of aliphatic imine (C=N–C) groups is 1. The Kier molecular flexibility index (Phi) is 12.7. The first-order valence-electron chi connectivity index (χ1n) is 9.04. The monoisotopic (exact) mass is 492 g/mol. The van der Waals surface area contributed by atoms with Gasteiger partial charge in [-0.25, -0.2) is 0 Å². The molecule has 0 fully saturated rings. The highest BCUT2D eigenvalue weighted by Crippen LogP contribution is 2.22. The van der Waals surface area contributed by atoms with Crippen molar-refractivity contribution in [3.63, 3.8) is 0 Å². The van der Waals surface area contributed by atoms with E-state index in [1.54, 1.807) is 25.2 Å². The Hall–Kier alpha value is -1.62. The van der Waals surface area contributed by atoms with Gasteiger partial charge < -0.3 is 16.0 Å². The third-order valence-electron chi connectivity index (χ3n) is 4.05. The van der Waals surface area contributed by atoms with Gasteiger partial charge in [0.2, 0.25) is 0 Å². The molecule has 0 aliphatic rings. The number of rotatable bonds is 10. The zero-order valence-electron chi connectivity index (χ0n) is 16.9. The SMILES string of the molecule is CN=C(NCCNc1ccccc1[N+](=O)[O-])NCCN(C(C)C)C(C)C.I. The summed E-state index contributed by atoms with van der Waals surface area (Å²) in [4.78, 5) is 17.2. The molecule has 0 atom stereocenters. The van der Waals surface area contributed by atoms with Crippen molar-refractivity contribution in [3.8, 4) is 0 Å².